The lowest BCUT2D eigenvalue weighted by molar-refractivity contribution is -0.126. The molecule has 6 nitrogen and oxygen atoms in total. The number of benzene rings is 1. The highest BCUT2D eigenvalue weighted by Gasteiger charge is 2.26. The Balaban J connectivity index is 2.11. The maximum Gasteiger partial charge on any atom is 0.238 e. The summed E-state index contributed by atoms with van der Waals surface area (Å²) in [5, 5.41) is 0. The Morgan fingerprint density at radius 2 is 2.25 bits per heavy atom. The zero-order valence-corrected chi connectivity index (χ0v) is 14.9. The van der Waals surface area contributed by atoms with Crippen LogP contribution in [0.15, 0.2) is 18.2 Å². The molecule has 6 heteroatoms. The van der Waals surface area contributed by atoms with Crippen molar-refractivity contribution in [1.82, 2.24) is 10.3 Å². The molecule has 0 bridgehead atoms. The SMILES string of the molecule is COc1cccc(CN2CCCC(C(=O)NN)C2)c1OCC(C)C. The van der Waals surface area contributed by atoms with Crippen LogP contribution in [0.5, 0.6) is 11.5 Å². The third-order valence-electron chi connectivity index (χ3n) is 4.25. The van der Waals surface area contributed by atoms with Gasteiger partial charge in [-0.25, -0.2) is 5.84 Å². The molecule has 0 aliphatic carbocycles. The maximum atomic E-state index is 11.8. The highest BCUT2D eigenvalue weighted by Crippen LogP contribution is 2.33. The zero-order chi connectivity index (χ0) is 17.5. The Kier molecular flexibility index (Phi) is 6.87. The fourth-order valence-electron chi connectivity index (χ4n) is 3.03. The number of hydrazine groups is 1. The van der Waals surface area contributed by atoms with Gasteiger partial charge in [0.2, 0.25) is 5.91 Å². The van der Waals surface area contributed by atoms with Gasteiger partial charge in [-0.15, -0.1) is 0 Å². The van der Waals surface area contributed by atoms with Gasteiger partial charge in [0.15, 0.2) is 11.5 Å². The lowest BCUT2D eigenvalue weighted by Gasteiger charge is -2.32. The molecule has 1 unspecified atom stereocenters. The van der Waals surface area contributed by atoms with E-state index in [0.717, 1.165) is 43.0 Å². The highest BCUT2D eigenvalue weighted by atomic mass is 16.5. The van der Waals surface area contributed by atoms with Crippen LogP contribution < -0.4 is 20.7 Å². The lowest BCUT2D eigenvalue weighted by atomic mass is 9.97. The van der Waals surface area contributed by atoms with Crippen molar-refractivity contribution in [3.05, 3.63) is 23.8 Å². The second-order valence-corrected chi connectivity index (χ2v) is 6.74. The first-order chi connectivity index (χ1) is 11.5. The van der Waals surface area contributed by atoms with E-state index in [1.165, 1.54) is 0 Å². The Morgan fingerprint density at radius 3 is 2.92 bits per heavy atom. The molecule has 0 aromatic heterocycles. The summed E-state index contributed by atoms with van der Waals surface area (Å²) in [6.45, 7) is 7.30. The molecule has 134 valence electrons. The number of nitrogens with one attached hydrogen (secondary N) is 1. The number of likely N-dealkylation sites (tertiary alicyclic amines) is 1. The van der Waals surface area contributed by atoms with Gasteiger partial charge in [-0.2, -0.15) is 0 Å². The van der Waals surface area contributed by atoms with E-state index in [1.54, 1.807) is 7.11 Å². The maximum absolute atomic E-state index is 11.8. The second-order valence-electron chi connectivity index (χ2n) is 6.74. The van der Waals surface area contributed by atoms with Gasteiger partial charge >= 0.3 is 0 Å². The topological polar surface area (TPSA) is 76.8 Å². The third kappa shape index (κ3) is 4.85. The van der Waals surface area contributed by atoms with E-state index < -0.39 is 0 Å². The van der Waals surface area contributed by atoms with Crippen LogP contribution in [-0.4, -0.2) is 37.6 Å². The van der Waals surface area contributed by atoms with Crippen molar-refractivity contribution >= 4 is 5.91 Å². The van der Waals surface area contributed by atoms with Gasteiger partial charge in [-0.05, 0) is 31.4 Å². The molecule has 1 saturated heterocycles. The molecule has 1 fully saturated rings. The van der Waals surface area contributed by atoms with E-state index >= 15 is 0 Å². The first-order valence-corrected chi connectivity index (χ1v) is 8.56. The molecule has 1 aromatic carbocycles. The molecular formula is C18H29N3O3. The molecule has 0 radical (unpaired) electrons. The number of hydrogen-bond acceptors (Lipinski definition) is 5. The fraction of sp³-hybridized carbons (Fsp3) is 0.611. The molecule has 1 amide bonds. The molecular weight excluding hydrogens is 306 g/mol. The van der Waals surface area contributed by atoms with Gasteiger partial charge in [0.25, 0.3) is 0 Å². The van der Waals surface area contributed by atoms with Gasteiger partial charge < -0.3 is 9.47 Å². The fourth-order valence-corrected chi connectivity index (χ4v) is 3.03. The molecule has 1 heterocycles. The Bertz CT molecular complexity index is 548. The number of nitrogens with two attached hydrogens (primary N) is 1. The molecule has 3 N–H and O–H groups in total. The van der Waals surface area contributed by atoms with Gasteiger partial charge in [0.05, 0.1) is 19.6 Å². The van der Waals surface area contributed by atoms with Crippen LogP contribution in [0.3, 0.4) is 0 Å². The molecule has 2 rings (SSSR count). The number of para-hydroxylation sites is 1. The number of amides is 1. The van der Waals surface area contributed by atoms with E-state index in [2.05, 4.69) is 30.2 Å². The Hall–Kier alpha value is -1.79. The second kappa shape index (κ2) is 8.89. The number of rotatable bonds is 7. The van der Waals surface area contributed by atoms with Crippen LogP contribution in [0, 0.1) is 11.8 Å². The summed E-state index contributed by atoms with van der Waals surface area (Å²) in [5.41, 5.74) is 3.36. The first kappa shape index (κ1) is 18.5. The average Bonchev–Trinajstić information content (AvgIpc) is 2.59. The first-order valence-electron chi connectivity index (χ1n) is 8.56. The van der Waals surface area contributed by atoms with E-state index in [9.17, 15) is 4.79 Å². The quantitative estimate of drug-likeness (QED) is 0.452. The minimum atomic E-state index is -0.0818. The molecule has 1 atom stereocenters. The van der Waals surface area contributed by atoms with Crippen molar-refractivity contribution in [1.29, 1.82) is 0 Å². The van der Waals surface area contributed by atoms with Crippen molar-refractivity contribution in [3.8, 4) is 11.5 Å². The minimum absolute atomic E-state index is 0.0469. The van der Waals surface area contributed by atoms with Crippen LogP contribution in [0.1, 0.15) is 32.3 Å². The summed E-state index contributed by atoms with van der Waals surface area (Å²) in [5.74, 6) is 7.14. The molecule has 1 aliphatic heterocycles. The largest absolute Gasteiger partial charge is 0.493 e. The van der Waals surface area contributed by atoms with E-state index in [-0.39, 0.29) is 11.8 Å². The third-order valence-corrected chi connectivity index (χ3v) is 4.25. The molecule has 1 aromatic rings. The highest BCUT2D eigenvalue weighted by molar-refractivity contribution is 5.78. The standard InChI is InChI=1S/C18H29N3O3/c1-13(2)12-24-17-14(6-4-8-16(17)23-3)10-21-9-5-7-15(11-21)18(22)20-19/h4,6,8,13,15H,5,7,9-12,19H2,1-3H3,(H,20,22). The average molecular weight is 335 g/mol. The molecule has 1 aliphatic rings. The summed E-state index contributed by atoms with van der Waals surface area (Å²) < 4.78 is 11.5. The van der Waals surface area contributed by atoms with Crippen LogP contribution in [-0.2, 0) is 11.3 Å². The number of ether oxygens (including phenoxy) is 2. The molecule has 0 spiro atoms. The van der Waals surface area contributed by atoms with Gasteiger partial charge in [0.1, 0.15) is 0 Å². The summed E-state index contributed by atoms with van der Waals surface area (Å²) in [4.78, 5) is 14.1. The number of carbonyl (C=O) groups excluding carboxylic acids is 1. The number of methoxy groups -OCH3 is 1. The van der Waals surface area contributed by atoms with Crippen molar-refractivity contribution in [3.63, 3.8) is 0 Å². The number of hydrogen-bond donors (Lipinski definition) is 2. The van der Waals surface area contributed by atoms with Gasteiger partial charge in [-0.1, -0.05) is 26.0 Å². The number of carbonyl (C=O) groups is 1. The van der Waals surface area contributed by atoms with Crippen molar-refractivity contribution in [2.75, 3.05) is 26.8 Å². The normalized spacial score (nSPS) is 18.5. The summed E-state index contributed by atoms with van der Waals surface area (Å²) in [6, 6.07) is 5.95. The van der Waals surface area contributed by atoms with E-state index in [1.807, 2.05) is 12.1 Å². The Labute approximate surface area is 144 Å². The lowest BCUT2D eigenvalue weighted by Crippen LogP contribution is -2.44. The zero-order valence-electron chi connectivity index (χ0n) is 14.9. The number of piperidine rings is 1. The van der Waals surface area contributed by atoms with Crippen LogP contribution in [0.4, 0.5) is 0 Å². The van der Waals surface area contributed by atoms with E-state index in [4.69, 9.17) is 15.3 Å². The van der Waals surface area contributed by atoms with Gasteiger partial charge in [0, 0.05) is 18.7 Å². The van der Waals surface area contributed by atoms with Crippen molar-refractivity contribution < 1.29 is 14.3 Å². The Morgan fingerprint density at radius 1 is 1.46 bits per heavy atom. The van der Waals surface area contributed by atoms with Crippen molar-refractivity contribution in [2.24, 2.45) is 17.7 Å². The van der Waals surface area contributed by atoms with Crippen LogP contribution in [0.25, 0.3) is 0 Å². The number of nitrogens with zero attached hydrogens (tertiary/aromatic N) is 1. The smallest absolute Gasteiger partial charge is 0.238 e. The van der Waals surface area contributed by atoms with E-state index in [0.29, 0.717) is 19.1 Å². The molecule has 24 heavy (non-hydrogen) atoms. The molecule has 0 saturated carbocycles. The predicted molar refractivity (Wildman–Crippen MR) is 93.7 cm³/mol. The summed E-state index contributed by atoms with van der Waals surface area (Å²) >= 11 is 0. The monoisotopic (exact) mass is 335 g/mol. The predicted octanol–water partition coefficient (Wildman–Crippen LogP) is 1.93. The summed E-state index contributed by atoms with van der Waals surface area (Å²) in [7, 11) is 1.66. The van der Waals surface area contributed by atoms with Crippen molar-refractivity contribution in [2.45, 2.75) is 33.2 Å². The summed E-state index contributed by atoms with van der Waals surface area (Å²) in [6.07, 6.45) is 1.87. The van der Waals surface area contributed by atoms with Crippen LogP contribution in [0.2, 0.25) is 0 Å². The van der Waals surface area contributed by atoms with Crippen LogP contribution >= 0.6 is 0 Å². The van der Waals surface area contributed by atoms with Gasteiger partial charge in [-0.3, -0.25) is 15.1 Å². The minimum Gasteiger partial charge on any atom is -0.493 e.